The van der Waals surface area contributed by atoms with E-state index >= 15 is 0 Å². The Morgan fingerprint density at radius 3 is 2.33 bits per heavy atom. The number of nitrogens with zero attached hydrogens (tertiary/aromatic N) is 1. The molecule has 3 nitrogen and oxygen atoms in total. The number of anilines is 1. The van der Waals surface area contributed by atoms with Crippen LogP contribution in [0.2, 0.25) is 0 Å². The molecule has 0 spiro atoms. The van der Waals surface area contributed by atoms with E-state index < -0.39 is 0 Å². The van der Waals surface area contributed by atoms with Crippen molar-refractivity contribution in [3.05, 3.63) is 89.7 Å². The van der Waals surface area contributed by atoms with Crippen LogP contribution >= 0.6 is 0 Å². The fourth-order valence-corrected chi connectivity index (χ4v) is 2.85. The Morgan fingerprint density at radius 2 is 1.67 bits per heavy atom. The van der Waals surface area contributed by atoms with Gasteiger partial charge in [-0.1, -0.05) is 47.5 Å². The zero-order valence-electron chi connectivity index (χ0n) is 14.1. The predicted molar refractivity (Wildman–Crippen MR) is 98.2 cm³/mol. The van der Waals surface area contributed by atoms with Gasteiger partial charge in [-0.3, -0.25) is 4.79 Å². The van der Waals surface area contributed by atoms with E-state index in [0.29, 0.717) is 6.42 Å². The topological polar surface area (TPSA) is 34.0 Å². The van der Waals surface area contributed by atoms with Crippen LogP contribution in [0.25, 0.3) is 0 Å². The lowest BCUT2D eigenvalue weighted by molar-refractivity contribution is -0.116. The summed E-state index contributed by atoms with van der Waals surface area (Å²) >= 11 is 0. The molecule has 3 aromatic rings. The van der Waals surface area contributed by atoms with Gasteiger partial charge in [0.1, 0.15) is 0 Å². The van der Waals surface area contributed by atoms with Gasteiger partial charge < -0.3 is 9.88 Å². The van der Waals surface area contributed by atoms with E-state index in [0.717, 1.165) is 11.3 Å². The van der Waals surface area contributed by atoms with Crippen LogP contribution < -0.4 is 5.32 Å². The number of nitrogens with one attached hydrogen (secondary N) is 1. The van der Waals surface area contributed by atoms with Crippen molar-refractivity contribution in [1.29, 1.82) is 0 Å². The van der Waals surface area contributed by atoms with Gasteiger partial charge in [-0.25, -0.2) is 0 Å². The van der Waals surface area contributed by atoms with Crippen LogP contribution in [-0.2, 0) is 4.79 Å². The minimum Gasteiger partial charge on any atom is -0.346 e. The van der Waals surface area contributed by atoms with E-state index in [9.17, 15) is 4.79 Å². The molecule has 0 aliphatic rings. The molecule has 3 rings (SSSR count). The molecule has 0 aliphatic carbocycles. The summed E-state index contributed by atoms with van der Waals surface area (Å²) in [4.78, 5) is 12.5. The second-order valence-corrected chi connectivity index (χ2v) is 6.18. The van der Waals surface area contributed by atoms with Crippen LogP contribution in [0.15, 0.2) is 73.1 Å². The molecule has 0 saturated heterocycles. The Labute approximate surface area is 143 Å². The SMILES string of the molecule is Cc1ccc(NC(=O)C[C@H](c2cccc(C)c2)n2cccc2)cc1. The second kappa shape index (κ2) is 7.18. The van der Waals surface area contributed by atoms with Crippen molar-refractivity contribution in [3.8, 4) is 0 Å². The highest BCUT2D eigenvalue weighted by Crippen LogP contribution is 2.24. The largest absolute Gasteiger partial charge is 0.346 e. The van der Waals surface area contributed by atoms with E-state index in [-0.39, 0.29) is 11.9 Å². The van der Waals surface area contributed by atoms with Gasteiger partial charge in [-0.05, 0) is 43.7 Å². The smallest absolute Gasteiger partial charge is 0.226 e. The number of aryl methyl sites for hydroxylation is 2. The monoisotopic (exact) mass is 318 g/mol. The molecular weight excluding hydrogens is 296 g/mol. The van der Waals surface area contributed by atoms with Gasteiger partial charge in [0.2, 0.25) is 5.91 Å². The number of hydrogen-bond acceptors (Lipinski definition) is 1. The number of carbonyl (C=O) groups is 1. The number of aromatic nitrogens is 1. The highest BCUT2D eigenvalue weighted by atomic mass is 16.1. The van der Waals surface area contributed by atoms with E-state index in [1.54, 1.807) is 0 Å². The summed E-state index contributed by atoms with van der Waals surface area (Å²) in [6.45, 7) is 4.11. The molecule has 0 aliphatic heterocycles. The van der Waals surface area contributed by atoms with E-state index in [4.69, 9.17) is 0 Å². The average Bonchev–Trinajstić information content (AvgIpc) is 3.09. The van der Waals surface area contributed by atoms with Crippen molar-refractivity contribution in [2.24, 2.45) is 0 Å². The van der Waals surface area contributed by atoms with Crippen LogP contribution in [-0.4, -0.2) is 10.5 Å². The van der Waals surface area contributed by atoms with Gasteiger partial charge in [0.15, 0.2) is 0 Å². The van der Waals surface area contributed by atoms with Crippen LogP contribution in [0.1, 0.15) is 29.2 Å². The lowest BCUT2D eigenvalue weighted by Crippen LogP contribution is -2.19. The van der Waals surface area contributed by atoms with Crippen LogP contribution in [0.4, 0.5) is 5.69 Å². The van der Waals surface area contributed by atoms with Gasteiger partial charge in [-0.2, -0.15) is 0 Å². The Bertz CT molecular complexity index is 804. The normalized spacial score (nSPS) is 11.9. The zero-order chi connectivity index (χ0) is 16.9. The fourth-order valence-electron chi connectivity index (χ4n) is 2.85. The summed E-state index contributed by atoms with van der Waals surface area (Å²) in [6, 6.07) is 20.2. The fraction of sp³-hybridized carbons (Fsp3) is 0.190. The summed E-state index contributed by atoms with van der Waals surface area (Å²) in [7, 11) is 0. The Morgan fingerprint density at radius 1 is 0.958 bits per heavy atom. The molecule has 122 valence electrons. The molecule has 3 heteroatoms. The first-order chi connectivity index (χ1) is 11.6. The first-order valence-electron chi connectivity index (χ1n) is 8.17. The first-order valence-corrected chi connectivity index (χ1v) is 8.17. The Hall–Kier alpha value is -2.81. The summed E-state index contributed by atoms with van der Waals surface area (Å²) in [5.74, 6) is 0.0130. The Balaban J connectivity index is 1.79. The van der Waals surface area contributed by atoms with Crippen LogP contribution in [0.5, 0.6) is 0 Å². The van der Waals surface area contributed by atoms with Gasteiger partial charge in [-0.15, -0.1) is 0 Å². The maximum Gasteiger partial charge on any atom is 0.226 e. The number of rotatable bonds is 5. The van der Waals surface area contributed by atoms with Gasteiger partial charge in [0.05, 0.1) is 12.5 Å². The summed E-state index contributed by atoms with van der Waals surface area (Å²) in [5.41, 5.74) is 4.35. The zero-order valence-corrected chi connectivity index (χ0v) is 14.1. The van der Waals surface area contributed by atoms with Crippen molar-refractivity contribution in [1.82, 2.24) is 4.57 Å². The van der Waals surface area contributed by atoms with E-state index in [2.05, 4.69) is 35.0 Å². The van der Waals surface area contributed by atoms with Crippen LogP contribution in [0.3, 0.4) is 0 Å². The third-order valence-electron chi connectivity index (χ3n) is 4.13. The molecule has 24 heavy (non-hydrogen) atoms. The molecule has 1 N–H and O–H groups in total. The molecule has 1 amide bonds. The highest BCUT2D eigenvalue weighted by Gasteiger charge is 2.17. The molecule has 0 saturated carbocycles. The standard InChI is InChI=1S/C21H22N2O/c1-16-8-10-19(11-9-16)22-21(24)15-20(23-12-3-4-13-23)18-7-5-6-17(2)14-18/h3-14,20H,15H2,1-2H3,(H,22,24)/t20-/m1/s1. The maximum absolute atomic E-state index is 12.5. The maximum atomic E-state index is 12.5. The number of hydrogen-bond donors (Lipinski definition) is 1. The number of carbonyl (C=O) groups excluding carboxylic acids is 1. The molecule has 0 bridgehead atoms. The third kappa shape index (κ3) is 3.93. The van der Waals surface area contributed by atoms with Crippen molar-refractivity contribution >= 4 is 11.6 Å². The van der Waals surface area contributed by atoms with Crippen molar-refractivity contribution in [3.63, 3.8) is 0 Å². The van der Waals surface area contributed by atoms with Crippen molar-refractivity contribution in [2.75, 3.05) is 5.32 Å². The van der Waals surface area contributed by atoms with Crippen molar-refractivity contribution < 1.29 is 4.79 Å². The molecule has 0 fully saturated rings. The van der Waals surface area contributed by atoms with E-state index in [1.807, 2.05) is 61.8 Å². The minimum absolute atomic E-state index is 0.00894. The van der Waals surface area contributed by atoms with E-state index in [1.165, 1.54) is 11.1 Å². The summed E-state index contributed by atoms with van der Waals surface area (Å²) < 4.78 is 2.09. The summed E-state index contributed by atoms with van der Waals surface area (Å²) in [6.07, 6.45) is 4.41. The molecule has 0 unspecified atom stereocenters. The highest BCUT2D eigenvalue weighted by molar-refractivity contribution is 5.91. The van der Waals surface area contributed by atoms with Gasteiger partial charge in [0, 0.05) is 18.1 Å². The Kier molecular flexibility index (Phi) is 4.80. The third-order valence-corrected chi connectivity index (χ3v) is 4.13. The molecular formula is C21H22N2O. The van der Waals surface area contributed by atoms with Gasteiger partial charge in [0.25, 0.3) is 0 Å². The first kappa shape index (κ1) is 16.1. The quantitative estimate of drug-likeness (QED) is 0.725. The molecule has 0 radical (unpaired) electrons. The molecule has 1 heterocycles. The molecule has 2 aromatic carbocycles. The van der Waals surface area contributed by atoms with Crippen LogP contribution in [0, 0.1) is 13.8 Å². The lowest BCUT2D eigenvalue weighted by Gasteiger charge is -2.20. The summed E-state index contributed by atoms with van der Waals surface area (Å²) in [5, 5.41) is 2.99. The number of benzene rings is 2. The molecule has 1 atom stereocenters. The predicted octanol–water partition coefficient (Wildman–Crippen LogP) is 4.72. The van der Waals surface area contributed by atoms with Crippen molar-refractivity contribution in [2.45, 2.75) is 26.3 Å². The lowest BCUT2D eigenvalue weighted by atomic mass is 10.0. The minimum atomic E-state index is -0.00894. The van der Waals surface area contributed by atoms with Gasteiger partial charge >= 0.3 is 0 Å². The average molecular weight is 318 g/mol. The second-order valence-electron chi connectivity index (χ2n) is 6.18. The number of amides is 1. The molecule has 1 aromatic heterocycles.